The molecule has 0 bridgehead atoms. The van der Waals surface area contributed by atoms with Crippen molar-refractivity contribution in [3.05, 3.63) is 59.5 Å². The van der Waals surface area contributed by atoms with Crippen molar-refractivity contribution in [1.29, 1.82) is 0 Å². The lowest BCUT2D eigenvalue weighted by Crippen LogP contribution is -2.41. The lowest BCUT2D eigenvalue weighted by Gasteiger charge is -2.32. The second-order valence-corrected chi connectivity index (χ2v) is 8.21. The van der Waals surface area contributed by atoms with Gasteiger partial charge in [-0.3, -0.25) is 4.90 Å². The van der Waals surface area contributed by atoms with Crippen LogP contribution in [0.3, 0.4) is 0 Å². The summed E-state index contributed by atoms with van der Waals surface area (Å²) in [6.07, 6.45) is 1.79. The van der Waals surface area contributed by atoms with Gasteiger partial charge in [0.25, 0.3) is 0 Å². The molecule has 0 unspecified atom stereocenters. The standard InChI is InChI=1S/C22H28FN5O/c1-24-21-16(7-5-9-25-21)11-27-12-17-13-28(22(29)26(2)3)20(19(17)14-27)15-6-4-8-18(23)10-15/h4-10,17,19-20H,11-14H2,1-3H3,(H,24,25)/t17-,19-,20+/m1/s1. The maximum atomic E-state index is 14.0. The van der Waals surface area contributed by atoms with Gasteiger partial charge in [-0.15, -0.1) is 0 Å². The van der Waals surface area contributed by atoms with Gasteiger partial charge in [0.05, 0.1) is 6.04 Å². The van der Waals surface area contributed by atoms with Crippen LogP contribution >= 0.6 is 0 Å². The van der Waals surface area contributed by atoms with Crippen LogP contribution in [0, 0.1) is 17.7 Å². The lowest BCUT2D eigenvalue weighted by molar-refractivity contribution is 0.151. The molecule has 2 saturated heterocycles. The van der Waals surface area contributed by atoms with Crippen molar-refractivity contribution >= 4 is 11.8 Å². The first kappa shape index (κ1) is 19.6. The minimum Gasteiger partial charge on any atom is -0.373 e. The highest BCUT2D eigenvalue weighted by molar-refractivity contribution is 5.75. The minimum atomic E-state index is -0.257. The van der Waals surface area contributed by atoms with Gasteiger partial charge in [-0.05, 0) is 29.7 Å². The topological polar surface area (TPSA) is 51.7 Å². The molecular formula is C22H28FN5O. The molecule has 2 amide bonds. The summed E-state index contributed by atoms with van der Waals surface area (Å²) in [5.41, 5.74) is 2.05. The Labute approximate surface area is 171 Å². The number of halogens is 1. The van der Waals surface area contributed by atoms with Crippen LogP contribution in [0.4, 0.5) is 15.0 Å². The molecule has 3 atom stereocenters. The zero-order valence-corrected chi connectivity index (χ0v) is 17.2. The van der Waals surface area contributed by atoms with Crippen molar-refractivity contribution in [3.63, 3.8) is 0 Å². The number of nitrogens with one attached hydrogen (secondary N) is 1. The predicted molar refractivity (Wildman–Crippen MR) is 111 cm³/mol. The fourth-order valence-electron chi connectivity index (χ4n) is 4.87. The van der Waals surface area contributed by atoms with Crippen molar-refractivity contribution in [3.8, 4) is 0 Å². The second kappa shape index (κ2) is 7.99. The largest absolute Gasteiger partial charge is 0.373 e. The van der Waals surface area contributed by atoms with E-state index in [1.807, 2.05) is 24.1 Å². The highest BCUT2D eigenvalue weighted by atomic mass is 19.1. The highest BCUT2D eigenvalue weighted by Gasteiger charge is 2.49. The van der Waals surface area contributed by atoms with Crippen LogP contribution in [0.25, 0.3) is 0 Å². The number of urea groups is 1. The van der Waals surface area contributed by atoms with Crippen LogP contribution in [-0.4, -0.2) is 66.5 Å². The maximum absolute atomic E-state index is 14.0. The third-order valence-corrected chi connectivity index (χ3v) is 6.08. The van der Waals surface area contributed by atoms with E-state index < -0.39 is 0 Å². The molecule has 1 N–H and O–H groups in total. The summed E-state index contributed by atoms with van der Waals surface area (Å²) in [5, 5.41) is 3.16. The van der Waals surface area contributed by atoms with Crippen molar-refractivity contribution in [1.82, 2.24) is 19.7 Å². The fraction of sp³-hybridized carbons (Fsp3) is 0.455. The number of likely N-dealkylation sites (tertiary alicyclic amines) is 2. The van der Waals surface area contributed by atoms with Gasteiger partial charge in [-0.1, -0.05) is 18.2 Å². The molecule has 2 aliphatic rings. The maximum Gasteiger partial charge on any atom is 0.320 e. The molecule has 2 aromatic rings. The molecule has 0 saturated carbocycles. The zero-order chi connectivity index (χ0) is 20.5. The molecule has 1 aromatic heterocycles. The van der Waals surface area contributed by atoms with E-state index in [2.05, 4.69) is 21.3 Å². The highest BCUT2D eigenvalue weighted by Crippen LogP contribution is 2.45. The van der Waals surface area contributed by atoms with E-state index >= 15 is 0 Å². The number of amides is 2. The number of carbonyl (C=O) groups is 1. The van der Waals surface area contributed by atoms with E-state index in [-0.39, 0.29) is 23.8 Å². The summed E-state index contributed by atoms with van der Waals surface area (Å²) < 4.78 is 14.0. The number of rotatable bonds is 4. The van der Waals surface area contributed by atoms with Crippen LogP contribution < -0.4 is 5.32 Å². The van der Waals surface area contributed by atoms with E-state index in [0.717, 1.165) is 31.0 Å². The summed E-state index contributed by atoms with van der Waals surface area (Å²) in [4.78, 5) is 23.2. The number of hydrogen-bond donors (Lipinski definition) is 1. The fourth-order valence-corrected chi connectivity index (χ4v) is 4.87. The number of hydrogen-bond acceptors (Lipinski definition) is 4. The van der Waals surface area contributed by atoms with Gasteiger partial charge in [0.1, 0.15) is 11.6 Å². The normalized spacial score (nSPS) is 23.9. The van der Waals surface area contributed by atoms with Crippen LogP contribution in [-0.2, 0) is 6.54 Å². The average molecular weight is 397 g/mol. The van der Waals surface area contributed by atoms with Gasteiger partial charge < -0.3 is 15.1 Å². The van der Waals surface area contributed by atoms with Gasteiger partial charge >= 0.3 is 6.03 Å². The van der Waals surface area contributed by atoms with Crippen molar-refractivity contribution in [2.45, 2.75) is 12.6 Å². The number of pyridine rings is 1. The van der Waals surface area contributed by atoms with Gasteiger partial charge in [0.15, 0.2) is 0 Å². The summed E-state index contributed by atoms with van der Waals surface area (Å²) in [5.74, 6) is 1.31. The molecule has 0 radical (unpaired) electrons. The van der Waals surface area contributed by atoms with E-state index in [9.17, 15) is 9.18 Å². The molecule has 0 spiro atoms. The van der Waals surface area contributed by atoms with E-state index in [1.54, 1.807) is 37.3 Å². The molecule has 4 rings (SSSR count). The van der Waals surface area contributed by atoms with Gasteiger partial charge in [0.2, 0.25) is 0 Å². The van der Waals surface area contributed by atoms with E-state index in [4.69, 9.17) is 0 Å². The van der Waals surface area contributed by atoms with Crippen LogP contribution in [0.5, 0.6) is 0 Å². The lowest BCUT2D eigenvalue weighted by atomic mass is 9.89. The van der Waals surface area contributed by atoms with Crippen molar-refractivity contribution < 1.29 is 9.18 Å². The predicted octanol–water partition coefficient (Wildman–Crippen LogP) is 3.05. The third kappa shape index (κ3) is 3.79. The van der Waals surface area contributed by atoms with E-state index in [0.29, 0.717) is 12.5 Å². The Bertz CT molecular complexity index is 889. The Kier molecular flexibility index (Phi) is 5.41. The Morgan fingerprint density at radius 2 is 2.07 bits per heavy atom. The first-order valence-corrected chi connectivity index (χ1v) is 10.1. The minimum absolute atomic E-state index is 0.00931. The number of nitrogens with zero attached hydrogens (tertiary/aromatic N) is 4. The smallest absolute Gasteiger partial charge is 0.320 e. The van der Waals surface area contributed by atoms with Crippen LogP contribution in [0.15, 0.2) is 42.6 Å². The van der Waals surface area contributed by atoms with E-state index in [1.165, 1.54) is 11.6 Å². The van der Waals surface area contributed by atoms with Crippen molar-refractivity contribution in [2.75, 3.05) is 46.1 Å². The summed E-state index contributed by atoms with van der Waals surface area (Å²) in [7, 11) is 5.43. The molecule has 7 heteroatoms. The average Bonchev–Trinajstić information content (AvgIpc) is 3.24. The first-order valence-electron chi connectivity index (χ1n) is 10.1. The second-order valence-electron chi connectivity index (χ2n) is 8.21. The first-order chi connectivity index (χ1) is 14.0. The Hall–Kier alpha value is -2.67. The Morgan fingerprint density at radius 3 is 2.79 bits per heavy atom. The molecule has 1 aromatic carbocycles. The van der Waals surface area contributed by atoms with Gasteiger partial charge in [-0.2, -0.15) is 0 Å². The summed E-state index contributed by atoms with van der Waals surface area (Å²) in [6, 6.07) is 10.6. The molecule has 6 nitrogen and oxygen atoms in total. The molecule has 2 fully saturated rings. The Morgan fingerprint density at radius 1 is 1.24 bits per heavy atom. The van der Waals surface area contributed by atoms with Crippen LogP contribution in [0.2, 0.25) is 0 Å². The SMILES string of the molecule is CNc1ncccc1CN1C[C@@H]2CN(C(=O)N(C)C)[C@@H](c3cccc(F)c3)[C@@H]2C1. The quantitative estimate of drug-likeness (QED) is 0.862. The molecule has 0 aliphatic carbocycles. The number of anilines is 1. The number of aromatic nitrogens is 1. The molecule has 29 heavy (non-hydrogen) atoms. The summed E-state index contributed by atoms with van der Waals surface area (Å²) >= 11 is 0. The molecular weight excluding hydrogens is 369 g/mol. The summed E-state index contributed by atoms with van der Waals surface area (Å²) in [6.45, 7) is 3.31. The zero-order valence-electron chi connectivity index (χ0n) is 17.2. The molecule has 2 aliphatic heterocycles. The molecule has 3 heterocycles. The van der Waals surface area contributed by atoms with Crippen molar-refractivity contribution in [2.24, 2.45) is 11.8 Å². The molecule has 154 valence electrons. The number of carbonyl (C=O) groups excluding carboxylic acids is 1. The Balaban J connectivity index is 1.58. The van der Waals surface area contributed by atoms with Gasteiger partial charge in [-0.25, -0.2) is 14.2 Å². The number of fused-ring (bicyclic) bond motifs is 1. The van der Waals surface area contributed by atoms with Crippen LogP contribution in [0.1, 0.15) is 17.2 Å². The third-order valence-electron chi connectivity index (χ3n) is 6.08. The number of benzene rings is 1. The monoisotopic (exact) mass is 397 g/mol. The van der Waals surface area contributed by atoms with Gasteiger partial charge in [0, 0.05) is 65.0 Å².